The molecule has 2 aromatic carbocycles. The number of esters is 1. The van der Waals surface area contributed by atoms with Crippen LogP contribution in [0.5, 0.6) is 0 Å². The lowest BCUT2D eigenvalue weighted by atomic mass is 10.0. The van der Waals surface area contributed by atoms with Crippen molar-refractivity contribution in [2.75, 3.05) is 18.5 Å². The minimum Gasteiger partial charge on any atom is -0.464 e. The van der Waals surface area contributed by atoms with E-state index in [-0.39, 0.29) is 18.3 Å². The van der Waals surface area contributed by atoms with Crippen molar-refractivity contribution in [3.63, 3.8) is 0 Å². The molecule has 0 spiro atoms. The Labute approximate surface area is 143 Å². The number of benzene rings is 2. The topological polar surface area (TPSA) is 94.4 Å². The Morgan fingerprint density at radius 3 is 2.76 bits per heavy atom. The largest absolute Gasteiger partial charge is 0.464 e. The number of rotatable bonds is 5. The molecule has 3 rings (SSSR count). The van der Waals surface area contributed by atoms with Gasteiger partial charge in [0.25, 0.3) is 5.69 Å². The molecule has 25 heavy (non-hydrogen) atoms. The molecule has 7 nitrogen and oxygen atoms in total. The van der Waals surface area contributed by atoms with Gasteiger partial charge in [0, 0.05) is 24.9 Å². The van der Waals surface area contributed by atoms with E-state index >= 15 is 0 Å². The molecule has 0 saturated carbocycles. The fourth-order valence-corrected chi connectivity index (χ4v) is 2.82. The molecular weight excluding hydrogens is 322 g/mol. The Bertz CT molecular complexity index is 985. The molecule has 0 saturated heterocycles. The Balaban J connectivity index is 2.22. The lowest BCUT2D eigenvalue weighted by Gasteiger charge is -2.14. The number of nitro benzene ring substituents is 1. The average Bonchev–Trinajstić information content (AvgIpc) is 2.58. The number of nitro groups is 1. The maximum Gasteiger partial charge on any atom is 0.302 e. The van der Waals surface area contributed by atoms with Crippen LogP contribution in [0.4, 0.5) is 11.4 Å². The summed E-state index contributed by atoms with van der Waals surface area (Å²) in [6.45, 7) is 3.72. The molecule has 128 valence electrons. The standard InChI is InChI=1S/C18H17N3O4/c1-11-7-8-15(21(23)24)16-17(11)20-14-6-4-3-5-13(14)18(16)19-9-10-25-12(2)22/h3-8H,9-10H2,1-2H3,(H,19,20). The maximum absolute atomic E-state index is 11.5. The van der Waals surface area contributed by atoms with Gasteiger partial charge >= 0.3 is 5.97 Å². The van der Waals surface area contributed by atoms with E-state index in [0.717, 1.165) is 16.5 Å². The lowest BCUT2D eigenvalue weighted by Crippen LogP contribution is -2.12. The summed E-state index contributed by atoms with van der Waals surface area (Å²) in [4.78, 5) is 26.6. The van der Waals surface area contributed by atoms with E-state index in [1.165, 1.54) is 13.0 Å². The fourth-order valence-electron chi connectivity index (χ4n) is 2.82. The highest BCUT2D eigenvalue weighted by Gasteiger charge is 2.20. The van der Waals surface area contributed by atoms with Gasteiger partial charge in [-0.3, -0.25) is 14.9 Å². The van der Waals surface area contributed by atoms with Crippen molar-refractivity contribution in [3.05, 3.63) is 52.1 Å². The average molecular weight is 339 g/mol. The number of pyridine rings is 1. The third-order valence-electron chi connectivity index (χ3n) is 3.92. The molecule has 0 bridgehead atoms. The molecule has 7 heteroatoms. The molecule has 1 heterocycles. The summed E-state index contributed by atoms with van der Waals surface area (Å²) in [7, 11) is 0. The van der Waals surface area contributed by atoms with Crippen LogP contribution in [0.25, 0.3) is 21.8 Å². The van der Waals surface area contributed by atoms with E-state index in [2.05, 4.69) is 10.3 Å². The van der Waals surface area contributed by atoms with Crippen molar-refractivity contribution in [1.82, 2.24) is 4.98 Å². The Hall–Kier alpha value is -3.22. The summed E-state index contributed by atoms with van der Waals surface area (Å²) in [5.74, 6) is -0.368. The molecule has 0 amide bonds. The second-order valence-electron chi connectivity index (χ2n) is 5.65. The van der Waals surface area contributed by atoms with Gasteiger partial charge in [-0.15, -0.1) is 0 Å². The van der Waals surface area contributed by atoms with Crippen LogP contribution >= 0.6 is 0 Å². The molecule has 0 aliphatic heterocycles. The van der Waals surface area contributed by atoms with Crippen LogP contribution in [0, 0.1) is 17.0 Å². The van der Waals surface area contributed by atoms with Crippen LogP contribution < -0.4 is 5.32 Å². The SMILES string of the molecule is CC(=O)OCCNc1c2ccccc2nc2c(C)ccc([N+](=O)[O-])c12. The van der Waals surface area contributed by atoms with Crippen molar-refractivity contribution in [1.29, 1.82) is 0 Å². The Morgan fingerprint density at radius 2 is 2.04 bits per heavy atom. The maximum atomic E-state index is 11.5. The smallest absolute Gasteiger partial charge is 0.302 e. The predicted octanol–water partition coefficient (Wildman–Crippen LogP) is 3.58. The first kappa shape index (κ1) is 16.6. The molecule has 1 aromatic heterocycles. The number of nitrogens with one attached hydrogen (secondary N) is 1. The number of para-hydroxylation sites is 1. The van der Waals surface area contributed by atoms with Crippen LogP contribution in [0.1, 0.15) is 12.5 Å². The van der Waals surface area contributed by atoms with Crippen molar-refractivity contribution < 1.29 is 14.5 Å². The van der Waals surface area contributed by atoms with Gasteiger partial charge in [-0.1, -0.05) is 24.3 Å². The summed E-state index contributed by atoms with van der Waals surface area (Å²) >= 11 is 0. The summed E-state index contributed by atoms with van der Waals surface area (Å²) < 4.78 is 4.94. The van der Waals surface area contributed by atoms with Crippen molar-refractivity contribution >= 4 is 39.1 Å². The van der Waals surface area contributed by atoms with Crippen LogP contribution in [-0.2, 0) is 9.53 Å². The number of hydrogen-bond acceptors (Lipinski definition) is 6. The highest BCUT2D eigenvalue weighted by molar-refractivity contribution is 6.11. The van der Waals surface area contributed by atoms with Crippen LogP contribution in [0.3, 0.4) is 0 Å². The van der Waals surface area contributed by atoms with Crippen molar-refractivity contribution in [2.45, 2.75) is 13.8 Å². The summed E-state index contributed by atoms with van der Waals surface area (Å²) in [6.07, 6.45) is 0. The van der Waals surface area contributed by atoms with E-state index in [0.29, 0.717) is 23.1 Å². The van der Waals surface area contributed by atoms with E-state index in [4.69, 9.17) is 4.74 Å². The van der Waals surface area contributed by atoms with Gasteiger partial charge in [0.2, 0.25) is 0 Å². The molecule has 3 aromatic rings. The van der Waals surface area contributed by atoms with E-state index in [1.807, 2.05) is 31.2 Å². The predicted molar refractivity (Wildman–Crippen MR) is 95.8 cm³/mol. The van der Waals surface area contributed by atoms with Gasteiger partial charge in [0.15, 0.2) is 0 Å². The van der Waals surface area contributed by atoms with Gasteiger partial charge in [-0.25, -0.2) is 4.98 Å². The first-order valence-corrected chi connectivity index (χ1v) is 7.82. The molecule has 0 fully saturated rings. The number of non-ortho nitro benzene ring substituents is 1. The minimum absolute atomic E-state index is 0.00570. The molecule has 0 aliphatic rings. The second-order valence-corrected chi connectivity index (χ2v) is 5.65. The van der Waals surface area contributed by atoms with E-state index in [9.17, 15) is 14.9 Å². The fraction of sp³-hybridized carbons (Fsp3) is 0.222. The number of anilines is 1. The van der Waals surface area contributed by atoms with E-state index < -0.39 is 4.92 Å². The number of nitrogens with zero attached hydrogens (tertiary/aromatic N) is 2. The second kappa shape index (κ2) is 6.72. The van der Waals surface area contributed by atoms with Crippen molar-refractivity contribution in [2.24, 2.45) is 0 Å². The summed E-state index contributed by atoms with van der Waals surface area (Å²) in [5.41, 5.74) is 2.81. The van der Waals surface area contributed by atoms with Crippen LogP contribution in [0.2, 0.25) is 0 Å². The monoisotopic (exact) mass is 339 g/mol. The molecule has 0 atom stereocenters. The number of carbonyl (C=O) groups excluding carboxylic acids is 1. The molecule has 0 radical (unpaired) electrons. The number of ether oxygens (including phenoxy) is 1. The number of fused-ring (bicyclic) bond motifs is 2. The highest BCUT2D eigenvalue weighted by Crippen LogP contribution is 2.37. The van der Waals surface area contributed by atoms with Crippen molar-refractivity contribution in [3.8, 4) is 0 Å². The zero-order valence-electron chi connectivity index (χ0n) is 13.9. The van der Waals surface area contributed by atoms with Crippen LogP contribution in [-0.4, -0.2) is 29.0 Å². The minimum atomic E-state index is -0.407. The Morgan fingerprint density at radius 1 is 1.28 bits per heavy atom. The highest BCUT2D eigenvalue weighted by atomic mass is 16.6. The molecular formula is C18H17N3O4. The molecule has 1 N–H and O–H groups in total. The van der Waals surface area contributed by atoms with E-state index in [1.54, 1.807) is 6.07 Å². The van der Waals surface area contributed by atoms with Gasteiger partial charge in [-0.2, -0.15) is 0 Å². The number of hydrogen-bond donors (Lipinski definition) is 1. The lowest BCUT2D eigenvalue weighted by molar-refractivity contribution is -0.383. The summed E-state index contributed by atoms with van der Waals surface area (Å²) in [5, 5.41) is 15.9. The van der Waals surface area contributed by atoms with Gasteiger partial charge in [0.1, 0.15) is 12.0 Å². The van der Waals surface area contributed by atoms with Gasteiger partial charge < -0.3 is 10.1 Å². The first-order chi connectivity index (χ1) is 12.0. The molecule has 0 aliphatic carbocycles. The summed E-state index contributed by atoms with van der Waals surface area (Å²) in [6, 6.07) is 10.6. The first-order valence-electron chi connectivity index (χ1n) is 7.82. The zero-order valence-corrected chi connectivity index (χ0v) is 13.9. The normalized spacial score (nSPS) is 10.8. The molecule has 0 unspecified atom stereocenters. The number of aryl methyl sites for hydroxylation is 1. The van der Waals surface area contributed by atoms with Gasteiger partial charge in [0.05, 0.1) is 21.6 Å². The third-order valence-corrected chi connectivity index (χ3v) is 3.92. The third kappa shape index (κ3) is 3.21. The number of carbonyl (C=O) groups is 1. The van der Waals surface area contributed by atoms with Crippen LogP contribution in [0.15, 0.2) is 36.4 Å². The Kier molecular flexibility index (Phi) is 4.47. The zero-order chi connectivity index (χ0) is 18.0. The van der Waals surface area contributed by atoms with Gasteiger partial charge in [-0.05, 0) is 18.6 Å². The number of aromatic nitrogens is 1. The quantitative estimate of drug-likeness (QED) is 0.251.